The van der Waals surface area contributed by atoms with Crippen molar-refractivity contribution >= 4 is 17.2 Å². The van der Waals surface area contributed by atoms with Gasteiger partial charge in [0.05, 0.1) is 11.1 Å². The second-order valence-corrected chi connectivity index (χ2v) is 7.87. The van der Waals surface area contributed by atoms with Gasteiger partial charge in [-0.25, -0.2) is 8.78 Å². The van der Waals surface area contributed by atoms with Crippen LogP contribution in [0.25, 0.3) is 11.1 Å². The molecule has 3 aromatic rings. The van der Waals surface area contributed by atoms with Crippen LogP contribution < -0.4 is 11.5 Å². The van der Waals surface area contributed by atoms with E-state index in [4.69, 9.17) is 11.5 Å². The molecule has 28 heavy (non-hydrogen) atoms. The third-order valence-corrected chi connectivity index (χ3v) is 5.98. The summed E-state index contributed by atoms with van der Waals surface area (Å²) in [7, 11) is 0. The first-order chi connectivity index (χ1) is 13.4. The van der Waals surface area contributed by atoms with E-state index in [0.29, 0.717) is 16.9 Å². The van der Waals surface area contributed by atoms with Crippen molar-refractivity contribution in [2.45, 2.75) is 32.6 Å². The van der Waals surface area contributed by atoms with Gasteiger partial charge in [0.25, 0.3) is 5.91 Å². The van der Waals surface area contributed by atoms with Gasteiger partial charge < -0.3 is 11.5 Å². The fourth-order valence-electron chi connectivity index (χ4n) is 3.52. The number of benzene rings is 1. The molecule has 1 aromatic carbocycles. The van der Waals surface area contributed by atoms with E-state index in [1.165, 1.54) is 17.4 Å². The lowest BCUT2D eigenvalue weighted by Crippen LogP contribution is -2.20. The standard InChI is InChI=1S/C20H22F2N4OS/c1-3-16-13(9-25-26-16)17-10(2)28-19(20(24)27)18(17)12(8-23)6-11-4-5-14(21)15(22)7-11/h4-5,7,9,12H,3,6,8,23H2,1-2H3,(H2,24,27)(H,25,26)/t12-/m1/s1. The minimum Gasteiger partial charge on any atom is -0.365 e. The Hall–Kier alpha value is -2.58. The van der Waals surface area contributed by atoms with Gasteiger partial charge in [0.2, 0.25) is 0 Å². The number of thiophene rings is 1. The number of halogens is 2. The summed E-state index contributed by atoms with van der Waals surface area (Å²) in [6.45, 7) is 4.16. The maximum Gasteiger partial charge on any atom is 0.259 e. The Morgan fingerprint density at radius 1 is 1.32 bits per heavy atom. The van der Waals surface area contributed by atoms with Gasteiger partial charge in [-0.3, -0.25) is 9.89 Å². The molecule has 0 aliphatic rings. The smallest absolute Gasteiger partial charge is 0.259 e. The highest BCUT2D eigenvalue weighted by molar-refractivity contribution is 7.14. The average Bonchev–Trinajstić information content (AvgIpc) is 3.26. The summed E-state index contributed by atoms with van der Waals surface area (Å²) in [4.78, 5) is 13.5. The van der Waals surface area contributed by atoms with Crippen LogP contribution in [0.15, 0.2) is 24.4 Å². The number of aromatic amines is 1. The minimum atomic E-state index is -0.909. The number of carbonyl (C=O) groups is 1. The van der Waals surface area contributed by atoms with Gasteiger partial charge in [0.15, 0.2) is 11.6 Å². The molecule has 0 unspecified atom stereocenters. The van der Waals surface area contributed by atoms with Crippen molar-refractivity contribution in [1.82, 2.24) is 10.2 Å². The van der Waals surface area contributed by atoms with Crippen LogP contribution >= 0.6 is 11.3 Å². The van der Waals surface area contributed by atoms with E-state index in [0.717, 1.165) is 45.8 Å². The zero-order valence-corrected chi connectivity index (χ0v) is 16.5. The maximum absolute atomic E-state index is 13.7. The predicted molar refractivity (Wildman–Crippen MR) is 106 cm³/mol. The Kier molecular flexibility index (Phi) is 5.90. The number of nitrogens with one attached hydrogen (secondary N) is 1. The van der Waals surface area contributed by atoms with E-state index in [1.54, 1.807) is 6.20 Å². The van der Waals surface area contributed by atoms with Crippen LogP contribution in [0.4, 0.5) is 8.78 Å². The quantitative estimate of drug-likeness (QED) is 0.560. The fraction of sp³-hybridized carbons (Fsp3) is 0.300. The second kappa shape index (κ2) is 8.20. The van der Waals surface area contributed by atoms with Gasteiger partial charge in [0.1, 0.15) is 0 Å². The number of aromatic nitrogens is 2. The number of hydrogen-bond donors (Lipinski definition) is 3. The van der Waals surface area contributed by atoms with Crippen LogP contribution in [-0.2, 0) is 12.8 Å². The summed E-state index contributed by atoms with van der Waals surface area (Å²) in [5, 5.41) is 7.12. The normalized spacial score (nSPS) is 12.3. The molecule has 0 spiro atoms. The largest absolute Gasteiger partial charge is 0.365 e. The molecule has 0 bridgehead atoms. The van der Waals surface area contributed by atoms with Crippen molar-refractivity contribution in [3.63, 3.8) is 0 Å². The molecule has 0 radical (unpaired) electrons. The molecule has 0 saturated heterocycles. The molecule has 0 aliphatic heterocycles. The molecule has 0 aliphatic carbocycles. The monoisotopic (exact) mass is 404 g/mol. The van der Waals surface area contributed by atoms with Gasteiger partial charge in [-0.2, -0.15) is 5.10 Å². The molecule has 148 valence electrons. The molecule has 3 rings (SSSR count). The third-order valence-electron chi connectivity index (χ3n) is 4.85. The van der Waals surface area contributed by atoms with Crippen molar-refractivity contribution in [3.05, 3.63) is 62.6 Å². The molecule has 5 N–H and O–H groups in total. The van der Waals surface area contributed by atoms with E-state index in [9.17, 15) is 13.6 Å². The Labute approximate surface area is 165 Å². The molecule has 0 fully saturated rings. The van der Waals surface area contributed by atoms with Crippen LogP contribution in [0, 0.1) is 18.6 Å². The van der Waals surface area contributed by atoms with Crippen molar-refractivity contribution in [2.75, 3.05) is 6.54 Å². The van der Waals surface area contributed by atoms with Gasteiger partial charge in [-0.05, 0) is 49.6 Å². The SMILES string of the molecule is CCc1[nH]ncc1-c1c(C)sc(C(N)=O)c1[C@@H](CN)Cc1ccc(F)c(F)c1. The van der Waals surface area contributed by atoms with Crippen LogP contribution in [0.3, 0.4) is 0 Å². The predicted octanol–water partition coefficient (Wildman–Crippen LogP) is 3.67. The Bertz CT molecular complexity index is 1010. The third kappa shape index (κ3) is 3.70. The first-order valence-corrected chi connectivity index (χ1v) is 9.78. The highest BCUT2D eigenvalue weighted by Crippen LogP contribution is 2.42. The highest BCUT2D eigenvalue weighted by Gasteiger charge is 2.28. The number of hydrogen-bond acceptors (Lipinski definition) is 4. The summed E-state index contributed by atoms with van der Waals surface area (Å²) in [6.07, 6.45) is 2.83. The molecular formula is C20H22F2N4OS. The summed E-state index contributed by atoms with van der Waals surface area (Å²) < 4.78 is 26.9. The molecule has 2 heterocycles. The van der Waals surface area contributed by atoms with E-state index in [1.807, 2.05) is 13.8 Å². The van der Waals surface area contributed by atoms with Gasteiger partial charge in [-0.1, -0.05) is 13.0 Å². The van der Waals surface area contributed by atoms with Crippen LogP contribution in [-0.4, -0.2) is 22.6 Å². The number of nitrogens with two attached hydrogens (primary N) is 2. The molecule has 5 nitrogen and oxygen atoms in total. The fourth-order valence-corrected chi connectivity index (χ4v) is 4.63. The summed E-state index contributed by atoms with van der Waals surface area (Å²) >= 11 is 1.32. The van der Waals surface area contributed by atoms with Crippen LogP contribution in [0.5, 0.6) is 0 Å². The van der Waals surface area contributed by atoms with Crippen molar-refractivity contribution in [2.24, 2.45) is 11.5 Å². The Morgan fingerprint density at radius 3 is 2.68 bits per heavy atom. The molecule has 1 atom stereocenters. The summed E-state index contributed by atoms with van der Waals surface area (Å²) in [6, 6.07) is 3.79. The van der Waals surface area contributed by atoms with Gasteiger partial charge in [0, 0.05) is 27.6 Å². The first-order valence-electron chi connectivity index (χ1n) is 8.97. The molecule has 8 heteroatoms. The van der Waals surface area contributed by atoms with Crippen LogP contribution in [0.2, 0.25) is 0 Å². The molecule has 2 aromatic heterocycles. The van der Waals surface area contributed by atoms with Crippen LogP contribution in [0.1, 0.15) is 44.2 Å². The minimum absolute atomic E-state index is 0.224. The Morgan fingerprint density at radius 2 is 2.07 bits per heavy atom. The molecule has 1 amide bonds. The molecule has 0 saturated carbocycles. The van der Waals surface area contributed by atoms with E-state index in [-0.39, 0.29) is 12.5 Å². The van der Waals surface area contributed by atoms with Crippen molar-refractivity contribution < 1.29 is 13.6 Å². The first kappa shape index (κ1) is 20.2. The van der Waals surface area contributed by atoms with Gasteiger partial charge in [-0.15, -0.1) is 11.3 Å². The average molecular weight is 404 g/mol. The summed E-state index contributed by atoms with van der Waals surface area (Å²) in [5.41, 5.74) is 15.8. The summed E-state index contributed by atoms with van der Waals surface area (Å²) in [5.74, 6) is -2.62. The lowest BCUT2D eigenvalue weighted by molar-refractivity contribution is 0.100. The number of aryl methyl sites for hydroxylation is 2. The number of rotatable bonds is 7. The second-order valence-electron chi connectivity index (χ2n) is 6.64. The van der Waals surface area contributed by atoms with Crippen molar-refractivity contribution in [1.29, 1.82) is 0 Å². The molecular weight excluding hydrogens is 382 g/mol. The highest BCUT2D eigenvalue weighted by atomic mass is 32.1. The number of primary amides is 1. The van der Waals surface area contributed by atoms with E-state index in [2.05, 4.69) is 10.2 Å². The van der Waals surface area contributed by atoms with E-state index < -0.39 is 17.5 Å². The topological polar surface area (TPSA) is 97.8 Å². The zero-order valence-electron chi connectivity index (χ0n) is 15.7. The zero-order chi connectivity index (χ0) is 20.4. The number of nitrogens with zero attached hydrogens (tertiary/aromatic N) is 1. The van der Waals surface area contributed by atoms with Gasteiger partial charge >= 0.3 is 0 Å². The van der Waals surface area contributed by atoms with Crippen molar-refractivity contribution in [3.8, 4) is 11.1 Å². The number of H-pyrrole nitrogens is 1. The number of carbonyl (C=O) groups excluding carboxylic acids is 1. The Balaban J connectivity index is 2.14. The lowest BCUT2D eigenvalue weighted by atomic mass is 9.86. The maximum atomic E-state index is 13.7. The van der Waals surface area contributed by atoms with E-state index >= 15 is 0 Å². The number of amides is 1. The lowest BCUT2D eigenvalue weighted by Gasteiger charge is -2.18.